The summed E-state index contributed by atoms with van der Waals surface area (Å²) in [5.41, 5.74) is 2.88. The molecule has 1 aromatic heterocycles. The number of ether oxygens (including phenoxy) is 1. The molecular weight excluding hydrogens is 380 g/mol. The van der Waals surface area contributed by atoms with Crippen LogP contribution in [0.4, 0.5) is 11.4 Å². The van der Waals surface area contributed by atoms with Crippen LogP contribution in [0.2, 0.25) is 5.02 Å². The third-order valence-corrected chi connectivity index (χ3v) is 5.24. The average Bonchev–Trinajstić information content (AvgIpc) is 2.98. The van der Waals surface area contributed by atoms with E-state index in [1.165, 1.54) is 11.5 Å². The molecule has 0 unspecified atom stereocenters. The fourth-order valence-electron chi connectivity index (χ4n) is 2.51. The van der Waals surface area contributed by atoms with E-state index >= 15 is 0 Å². The van der Waals surface area contributed by atoms with Gasteiger partial charge in [0, 0.05) is 15.6 Å². The molecular formula is C20H21ClN4OS. The first-order valence-corrected chi connectivity index (χ1v) is 9.71. The lowest BCUT2D eigenvalue weighted by Crippen LogP contribution is -2.28. The van der Waals surface area contributed by atoms with E-state index in [0.717, 1.165) is 27.6 Å². The third-order valence-electron chi connectivity index (χ3n) is 3.87. The molecule has 2 aromatic carbocycles. The van der Waals surface area contributed by atoms with Crippen LogP contribution in [-0.4, -0.2) is 16.5 Å². The highest BCUT2D eigenvalue weighted by atomic mass is 35.5. The van der Waals surface area contributed by atoms with Gasteiger partial charge in [0.05, 0.1) is 12.3 Å². The van der Waals surface area contributed by atoms with Gasteiger partial charge < -0.3 is 10.1 Å². The molecule has 2 N–H and O–H groups in total. The molecule has 0 spiro atoms. The summed E-state index contributed by atoms with van der Waals surface area (Å²) >= 11 is 7.70. The number of aryl methyl sites for hydroxylation is 1. The first-order chi connectivity index (χ1) is 13.0. The molecule has 0 aliphatic rings. The summed E-state index contributed by atoms with van der Waals surface area (Å²) in [6.07, 6.45) is 0. The molecule has 0 saturated carbocycles. The number of aliphatic imine (C=N–C) groups is 1. The van der Waals surface area contributed by atoms with Crippen LogP contribution < -0.4 is 15.5 Å². The zero-order valence-electron chi connectivity index (χ0n) is 15.4. The van der Waals surface area contributed by atoms with Gasteiger partial charge in [0.15, 0.2) is 0 Å². The maximum Gasteiger partial charge on any atom is 0.223 e. The predicted molar refractivity (Wildman–Crippen MR) is 113 cm³/mol. The van der Waals surface area contributed by atoms with Gasteiger partial charge in [0.1, 0.15) is 11.2 Å². The van der Waals surface area contributed by atoms with Crippen molar-refractivity contribution in [3.05, 3.63) is 69.5 Å². The first-order valence-electron chi connectivity index (χ1n) is 8.56. The summed E-state index contributed by atoms with van der Waals surface area (Å²) in [5.74, 6) is 1.36. The van der Waals surface area contributed by atoms with Crippen molar-refractivity contribution in [2.24, 2.45) is 4.99 Å². The van der Waals surface area contributed by atoms with Crippen LogP contribution in [-0.2, 0) is 0 Å². The van der Waals surface area contributed by atoms with Crippen molar-refractivity contribution < 1.29 is 4.74 Å². The highest BCUT2D eigenvalue weighted by molar-refractivity contribution is 7.07. The monoisotopic (exact) mass is 400 g/mol. The van der Waals surface area contributed by atoms with Gasteiger partial charge in [0.25, 0.3) is 0 Å². The van der Waals surface area contributed by atoms with Crippen molar-refractivity contribution in [1.82, 2.24) is 3.96 Å². The lowest BCUT2D eigenvalue weighted by atomic mass is 10.2. The number of hydrogen-bond acceptors (Lipinski definition) is 4. The second-order valence-corrected chi connectivity index (χ2v) is 7.53. The van der Waals surface area contributed by atoms with E-state index in [-0.39, 0.29) is 0 Å². The molecule has 0 saturated heterocycles. The summed E-state index contributed by atoms with van der Waals surface area (Å²) in [6, 6.07) is 15.1. The van der Waals surface area contributed by atoms with Gasteiger partial charge in [-0.15, -0.1) is 0 Å². The molecule has 5 nitrogen and oxygen atoms in total. The van der Waals surface area contributed by atoms with Crippen LogP contribution in [0.5, 0.6) is 5.75 Å². The van der Waals surface area contributed by atoms with E-state index in [1.54, 1.807) is 3.96 Å². The van der Waals surface area contributed by atoms with Crippen LogP contribution in [0, 0.1) is 19.3 Å². The Labute approximate surface area is 167 Å². The van der Waals surface area contributed by atoms with Crippen molar-refractivity contribution in [3.8, 4) is 5.75 Å². The van der Waals surface area contributed by atoms with E-state index in [9.17, 15) is 0 Å². The first kappa shape index (κ1) is 19.2. The minimum absolute atomic E-state index is 0.370. The maximum absolute atomic E-state index is 8.24. The lowest BCUT2D eigenvalue weighted by Gasteiger charge is -2.12. The summed E-state index contributed by atoms with van der Waals surface area (Å²) in [6.45, 7) is 6.48. The van der Waals surface area contributed by atoms with Gasteiger partial charge in [-0.3, -0.25) is 5.41 Å². The second kappa shape index (κ2) is 8.41. The number of rotatable bonds is 4. The molecule has 7 heteroatoms. The van der Waals surface area contributed by atoms with Crippen molar-refractivity contribution in [2.45, 2.75) is 20.8 Å². The van der Waals surface area contributed by atoms with Crippen LogP contribution in [0.1, 0.15) is 17.4 Å². The second-order valence-electron chi connectivity index (χ2n) is 5.93. The van der Waals surface area contributed by atoms with Gasteiger partial charge in [0.2, 0.25) is 5.96 Å². The zero-order valence-corrected chi connectivity index (χ0v) is 17.0. The summed E-state index contributed by atoms with van der Waals surface area (Å²) in [7, 11) is 0. The van der Waals surface area contributed by atoms with Crippen LogP contribution in [0.25, 0.3) is 0 Å². The van der Waals surface area contributed by atoms with E-state index in [1.807, 2.05) is 69.3 Å². The number of halogens is 1. The van der Waals surface area contributed by atoms with Gasteiger partial charge >= 0.3 is 0 Å². The number of nitrogens with zero attached hydrogens (tertiary/aromatic N) is 2. The Morgan fingerprint density at radius 3 is 2.59 bits per heavy atom. The van der Waals surface area contributed by atoms with Gasteiger partial charge in [-0.1, -0.05) is 29.2 Å². The third kappa shape index (κ3) is 4.59. The fourth-order valence-corrected chi connectivity index (χ4v) is 3.46. The smallest absolute Gasteiger partial charge is 0.223 e. The Balaban J connectivity index is 2.02. The molecule has 0 aliphatic carbocycles. The summed E-state index contributed by atoms with van der Waals surface area (Å²) in [4.78, 5) is 5.79. The Morgan fingerprint density at radius 2 is 1.96 bits per heavy atom. The molecule has 0 fully saturated rings. The van der Waals surface area contributed by atoms with Crippen molar-refractivity contribution in [3.63, 3.8) is 0 Å². The zero-order chi connectivity index (χ0) is 19.4. The Hall–Kier alpha value is -2.57. The van der Waals surface area contributed by atoms with Crippen molar-refractivity contribution in [1.29, 1.82) is 5.41 Å². The summed E-state index contributed by atoms with van der Waals surface area (Å²) < 4.78 is 7.25. The molecule has 27 heavy (non-hydrogen) atoms. The largest absolute Gasteiger partial charge is 0.494 e. The Morgan fingerprint density at radius 1 is 1.22 bits per heavy atom. The standard InChI is InChI=1S/C20H21ClN4OS/c1-4-26-16-10-8-15(9-11-16)23-20(25-19(22)12-13(2)27-25)24-18-7-5-6-17(21)14(18)3/h5-12,22H,4H2,1-3H3,(H,23,24). The molecule has 140 valence electrons. The highest BCUT2D eigenvalue weighted by Gasteiger charge is 2.10. The van der Waals surface area contributed by atoms with Crippen LogP contribution in [0.15, 0.2) is 53.5 Å². The maximum atomic E-state index is 8.24. The quantitative estimate of drug-likeness (QED) is 0.458. The van der Waals surface area contributed by atoms with E-state index in [0.29, 0.717) is 23.1 Å². The Bertz CT molecular complexity index is 1020. The average molecular weight is 401 g/mol. The van der Waals surface area contributed by atoms with Crippen molar-refractivity contribution >= 4 is 40.5 Å². The van der Waals surface area contributed by atoms with Crippen molar-refractivity contribution in [2.75, 3.05) is 11.9 Å². The van der Waals surface area contributed by atoms with Crippen LogP contribution in [0.3, 0.4) is 0 Å². The topological polar surface area (TPSA) is 62.4 Å². The van der Waals surface area contributed by atoms with E-state index < -0.39 is 0 Å². The molecule has 3 aromatic rings. The minimum Gasteiger partial charge on any atom is -0.494 e. The molecule has 1 heterocycles. The van der Waals surface area contributed by atoms with E-state index in [2.05, 4.69) is 5.32 Å². The van der Waals surface area contributed by atoms with Gasteiger partial charge in [-0.05, 0) is 68.8 Å². The number of aromatic nitrogens is 1. The van der Waals surface area contributed by atoms with Crippen LogP contribution >= 0.6 is 23.1 Å². The number of hydrogen-bond donors (Lipinski definition) is 2. The highest BCUT2D eigenvalue weighted by Crippen LogP contribution is 2.26. The predicted octanol–water partition coefficient (Wildman–Crippen LogP) is 5.35. The van der Waals surface area contributed by atoms with Gasteiger partial charge in [-0.2, -0.15) is 0 Å². The molecule has 0 aliphatic heterocycles. The fraction of sp³-hybridized carbons (Fsp3) is 0.200. The number of anilines is 1. The van der Waals surface area contributed by atoms with Gasteiger partial charge in [-0.25, -0.2) is 8.95 Å². The SMILES string of the molecule is CCOc1ccc(NC(=Nc2cccc(Cl)c2C)n2sc(C)cc2=N)cc1. The molecule has 3 rings (SSSR count). The molecule has 0 radical (unpaired) electrons. The molecule has 0 bridgehead atoms. The van der Waals surface area contributed by atoms with E-state index in [4.69, 9.17) is 26.7 Å². The lowest BCUT2D eigenvalue weighted by molar-refractivity contribution is 0.340. The molecule has 0 atom stereocenters. The molecule has 0 amide bonds. The summed E-state index contributed by atoms with van der Waals surface area (Å²) in [5, 5.41) is 12.2. The Kier molecular flexibility index (Phi) is 5.98. The number of benzene rings is 2. The normalized spacial score (nSPS) is 11.5. The number of nitrogens with one attached hydrogen (secondary N) is 2. The minimum atomic E-state index is 0.370.